The Hall–Kier alpha value is -1.85. The van der Waals surface area contributed by atoms with E-state index in [-0.39, 0.29) is 12.1 Å². The topological polar surface area (TPSA) is 58.6 Å². The van der Waals surface area contributed by atoms with Crippen molar-refractivity contribution in [3.05, 3.63) is 17.6 Å². The van der Waals surface area contributed by atoms with E-state index in [1.54, 1.807) is 6.33 Å². The van der Waals surface area contributed by atoms with Crippen molar-refractivity contribution in [1.29, 1.82) is 0 Å². The molecule has 2 saturated heterocycles. The molecular weight excluding hydrogens is 256 g/mol. The van der Waals surface area contributed by atoms with Crippen molar-refractivity contribution in [3.8, 4) is 0 Å². The summed E-state index contributed by atoms with van der Waals surface area (Å²) in [6, 6.07) is 0.261. The second kappa shape index (κ2) is 4.61. The Kier molecular flexibility index (Phi) is 2.75. The van der Waals surface area contributed by atoms with E-state index in [1.165, 1.54) is 17.7 Å². The third-order valence-electron chi connectivity index (χ3n) is 4.55. The Bertz CT molecular complexity index is 548. The van der Waals surface area contributed by atoms with E-state index in [0.29, 0.717) is 6.61 Å². The molecule has 20 heavy (non-hydrogen) atoms. The van der Waals surface area contributed by atoms with Gasteiger partial charge in [0.2, 0.25) is 0 Å². The molecule has 0 saturated carbocycles. The van der Waals surface area contributed by atoms with Crippen LogP contribution in [0.5, 0.6) is 0 Å². The molecule has 1 unspecified atom stereocenters. The van der Waals surface area contributed by atoms with Crippen molar-refractivity contribution in [1.82, 2.24) is 14.9 Å². The van der Waals surface area contributed by atoms with Gasteiger partial charge in [-0.25, -0.2) is 14.8 Å². The number of ether oxygens (including phenoxy) is 1. The highest BCUT2D eigenvalue weighted by Crippen LogP contribution is 2.31. The molecule has 0 radical (unpaired) electrons. The van der Waals surface area contributed by atoms with Crippen LogP contribution in [0.4, 0.5) is 10.6 Å². The molecule has 4 rings (SSSR count). The number of carbonyl (C=O) groups is 1. The number of aryl methyl sites for hydroxylation is 1. The van der Waals surface area contributed by atoms with Crippen molar-refractivity contribution < 1.29 is 9.53 Å². The minimum absolute atomic E-state index is 0.162. The third-order valence-corrected chi connectivity index (χ3v) is 4.55. The van der Waals surface area contributed by atoms with E-state index >= 15 is 0 Å². The second-order valence-electron chi connectivity index (χ2n) is 5.67. The van der Waals surface area contributed by atoms with Crippen LogP contribution >= 0.6 is 0 Å². The van der Waals surface area contributed by atoms with Crippen LogP contribution in [0.15, 0.2) is 6.33 Å². The summed E-state index contributed by atoms with van der Waals surface area (Å²) in [6.07, 6.45) is 5.84. The van der Waals surface area contributed by atoms with Crippen molar-refractivity contribution in [2.45, 2.75) is 31.7 Å². The first-order chi connectivity index (χ1) is 9.83. The number of hydrogen-bond acceptors (Lipinski definition) is 5. The molecule has 6 heteroatoms. The normalized spacial score (nSPS) is 25.2. The minimum atomic E-state index is -0.162. The van der Waals surface area contributed by atoms with Crippen molar-refractivity contribution in [3.63, 3.8) is 0 Å². The van der Waals surface area contributed by atoms with E-state index < -0.39 is 0 Å². The highest BCUT2D eigenvalue weighted by atomic mass is 16.6. The van der Waals surface area contributed by atoms with Crippen LogP contribution in [-0.4, -0.2) is 53.2 Å². The average molecular weight is 274 g/mol. The van der Waals surface area contributed by atoms with Gasteiger partial charge in [-0.1, -0.05) is 0 Å². The molecule has 0 N–H and O–H groups in total. The van der Waals surface area contributed by atoms with Gasteiger partial charge in [0.05, 0.1) is 12.6 Å². The van der Waals surface area contributed by atoms with Crippen molar-refractivity contribution in [2.24, 2.45) is 0 Å². The molecule has 2 aliphatic heterocycles. The number of fused-ring (bicyclic) bond motifs is 1. The fraction of sp³-hybridized carbons (Fsp3) is 0.643. The summed E-state index contributed by atoms with van der Waals surface area (Å²) in [5.74, 6) is 1.09. The molecule has 106 valence electrons. The lowest BCUT2D eigenvalue weighted by atomic mass is 10.2. The van der Waals surface area contributed by atoms with E-state index in [4.69, 9.17) is 4.74 Å². The first-order valence-corrected chi connectivity index (χ1v) is 7.34. The number of hydrogen-bond donors (Lipinski definition) is 0. The molecule has 3 aliphatic rings. The molecule has 1 aromatic heterocycles. The number of rotatable bonds is 2. The van der Waals surface area contributed by atoms with Gasteiger partial charge in [0.25, 0.3) is 0 Å². The first kappa shape index (κ1) is 11.9. The summed E-state index contributed by atoms with van der Waals surface area (Å²) in [4.78, 5) is 24.7. The van der Waals surface area contributed by atoms with E-state index in [0.717, 1.165) is 44.7 Å². The lowest BCUT2D eigenvalue weighted by molar-refractivity contribution is 0.150. The van der Waals surface area contributed by atoms with Gasteiger partial charge in [0.1, 0.15) is 18.8 Å². The van der Waals surface area contributed by atoms with Gasteiger partial charge < -0.3 is 9.64 Å². The number of anilines is 1. The first-order valence-electron chi connectivity index (χ1n) is 7.34. The summed E-state index contributed by atoms with van der Waals surface area (Å²) >= 11 is 0. The number of nitrogens with zero attached hydrogens (tertiary/aromatic N) is 4. The van der Waals surface area contributed by atoms with Gasteiger partial charge in [-0.2, -0.15) is 0 Å². The second-order valence-corrected chi connectivity index (χ2v) is 5.67. The Morgan fingerprint density at radius 3 is 3.05 bits per heavy atom. The van der Waals surface area contributed by atoms with E-state index in [9.17, 15) is 4.79 Å². The van der Waals surface area contributed by atoms with Gasteiger partial charge in [-0.05, 0) is 25.7 Å². The molecule has 0 bridgehead atoms. The van der Waals surface area contributed by atoms with Gasteiger partial charge >= 0.3 is 6.09 Å². The Balaban J connectivity index is 1.54. The number of cyclic esters (lactones) is 1. The monoisotopic (exact) mass is 274 g/mol. The average Bonchev–Trinajstić information content (AvgIpc) is 3.17. The van der Waals surface area contributed by atoms with Gasteiger partial charge in [0.15, 0.2) is 0 Å². The predicted octanol–water partition coefficient (Wildman–Crippen LogP) is 0.996. The molecule has 1 amide bonds. The summed E-state index contributed by atoms with van der Waals surface area (Å²) in [5, 5.41) is 0. The Labute approximate surface area is 117 Å². The number of carbonyl (C=O) groups excluding carboxylic acids is 1. The van der Waals surface area contributed by atoms with Crippen LogP contribution in [0.1, 0.15) is 24.1 Å². The molecule has 6 nitrogen and oxygen atoms in total. The zero-order valence-corrected chi connectivity index (χ0v) is 11.4. The summed E-state index contributed by atoms with van der Waals surface area (Å²) in [5.41, 5.74) is 2.52. The number of amides is 1. The maximum Gasteiger partial charge on any atom is 0.410 e. The Morgan fingerprint density at radius 2 is 2.20 bits per heavy atom. The van der Waals surface area contributed by atoms with Crippen molar-refractivity contribution in [2.75, 3.05) is 31.1 Å². The maximum absolute atomic E-state index is 11.7. The van der Waals surface area contributed by atoms with Crippen LogP contribution in [-0.2, 0) is 17.6 Å². The fourth-order valence-electron chi connectivity index (χ4n) is 3.54. The van der Waals surface area contributed by atoms with E-state index in [1.807, 2.05) is 4.90 Å². The maximum atomic E-state index is 11.7. The molecule has 1 atom stereocenters. The van der Waals surface area contributed by atoms with Crippen LogP contribution in [0, 0.1) is 0 Å². The fourth-order valence-corrected chi connectivity index (χ4v) is 3.54. The molecule has 1 aromatic rings. The summed E-state index contributed by atoms with van der Waals surface area (Å²) in [6.45, 7) is 3.06. The SMILES string of the molecule is O=C1OCCN1C1CCN(c2ncnc3c2CCC3)C1. The zero-order chi connectivity index (χ0) is 13.5. The quantitative estimate of drug-likeness (QED) is 0.805. The predicted molar refractivity (Wildman–Crippen MR) is 72.7 cm³/mol. The number of aromatic nitrogens is 2. The Morgan fingerprint density at radius 1 is 1.25 bits per heavy atom. The standard InChI is InChI=1S/C14H18N4O2/c19-14-18(6-7-20-14)10-4-5-17(8-10)13-11-2-1-3-12(11)15-9-16-13/h9-10H,1-8H2. The van der Waals surface area contributed by atoms with Crippen LogP contribution < -0.4 is 4.90 Å². The summed E-state index contributed by atoms with van der Waals surface area (Å²) in [7, 11) is 0. The summed E-state index contributed by atoms with van der Waals surface area (Å²) < 4.78 is 5.04. The van der Waals surface area contributed by atoms with Gasteiger partial charge in [0, 0.05) is 24.3 Å². The van der Waals surface area contributed by atoms with Crippen molar-refractivity contribution >= 4 is 11.9 Å². The molecule has 2 fully saturated rings. The van der Waals surface area contributed by atoms with Gasteiger partial charge in [-0.3, -0.25) is 4.90 Å². The molecule has 1 aliphatic carbocycles. The third kappa shape index (κ3) is 1.82. The minimum Gasteiger partial charge on any atom is -0.448 e. The van der Waals surface area contributed by atoms with Crippen LogP contribution in [0.3, 0.4) is 0 Å². The lowest BCUT2D eigenvalue weighted by Gasteiger charge is -2.23. The molecule has 0 aromatic carbocycles. The molecule has 3 heterocycles. The zero-order valence-electron chi connectivity index (χ0n) is 11.4. The van der Waals surface area contributed by atoms with Crippen LogP contribution in [0.25, 0.3) is 0 Å². The highest BCUT2D eigenvalue weighted by molar-refractivity contribution is 5.70. The largest absolute Gasteiger partial charge is 0.448 e. The lowest BCUT2D eigenvalue weighted by Crippen LogP contribution is -2.38. The molecular formula is C14H18N4O2. The van der Waals surface area contributed by atoms with E-state index in [2.05, 4.69) is 14.9 Å². The van der Waals surface area contributed by atoms with Crippen LogP contribution in [0.2, 0.25) is 0 Å². The molecule has 0 spiro atoms. The smallest absolute Gasteiger partial charge is 0.410 e. The van der Waals surface area contributed by atoms with Gasteiger partial charge in [-0.15, -0.1) is 0 Å². The highest BCUT2D eigenvalue weighted by Gasteiger charge is 2.36.